The maximum atomic E-state index is 12.3. The Morgan fingerprint density at radius 2 is 1.96 bits per heavy atom. The molecule has 2 aromatic carbocycles. The highest BCUT2D eigenvalue weighted by molar-refractivity contribution is 7.98. The number of nitrogens with zero attached hydrogens (tertiary/aromatic N) is 4. The first-order chi connectivity index (χ1) is 13.6. The van der Waals surface area contributed by atoms with Crippen LogP contribution in [0.15, 0.2) is 58.5 Å². The summed E-state index contributed by atoms with van der Waals surface area (Å²) in [6.07, 6.45) is 0.730. The maximum Gasteiger partial charge on any atom is 0.258 e. The van der Waals surface area contributed by atoms with E-state index in [0.29, 0.717) is 27.5 Å². The van der Waals surface area contributed by atoms with Crippen molar-refractivity contribution in [1.29, 1.82) is 0 Å². The number of aromatic amines is 1. The molecule has 0 fully saturated rings. The highest BCUT2D eigenvalue weighted by atomic mass is 35.5. The van der Waals surface area contributed by atoms with Crippen LogP contribution in [-0.4, -0.2) is 24.7 Å². The Labute approximate surface area is 171 Å². The summed E-state index contributed by atoms with van der Waals surface area (Å²) in [5.41, 5.74) is 1.63. The highest BCUT2D eigenvalue weighted by Gasteiger charge is 2.13. The molecule has 0 amide bonds. The zero-order valence-electron chi connectivity index (χ0n) is 15.2. The summed E-state index contributed by atoms with van der Waals surface area (Å²) in [6.45, 7) is 2.85. The van der Waals surface area contributed by atoms with Crippen molar-refractivity contribution in [3.63, 3.8) is 0 Å². The lowest BCUT2D eigenvalue weighted by Gasteiger charge is -2.07. The molecule has 1 N–H and O–H groups in total. The number of halogens is 1. The van der Waals surface area contributed by atoms with Gasteiger partial charge in [0.2, 0.25) is 0 Å². The normalized spacial score (nSPS) is 11.2. The molecule has 0 spiro atoms. The second-order valence-corrected chi connectivity index (χ2v) is 7.65. The van der Waals surface area contributed by atoms with Gasteiger partial charge in [-0.3, -0.25) is 4.79 Å². The largest absolute Gasteiger partial charge is 0.309 e. The lowest BCUT2D eigenvalue weighted by atomic mass is 10.1. The maximum absolute atomic E-state index is 12.3. The zero-order chi connectivity index (χ0) is 19.5. The van der Waals surface area contributed by atoms with E-state index < -0.39 is 0 Å². The third-order valence-electron chi connectivity index (χ3n) is 4.37. The third-order valence-corrected chi connectivity index (χ3v) is 5.58. The molecule has 4 rings (SSSR count). The Hall–Kier alpha value is -2.64. The van der Waals surface area contributed by atoms with Crippen LogP contribution in [0.3, 0.4) is 0 Å². The minimum Gasteiger partial charge on any atom is -0.309 e. The van der Waals surface area contributed by atoms with E-state index in [1.165, 1.54) is 17.3 Å². The van der Waals surface area contributed by atoms with Crippen molar-refractivity contribution < 1.29 is 0 Å². The smallest absolute Gasteiger partial charge is 0.258 e. The third kappa shape index (κ3) is 3.95. The molecule has 4 aromatic rings. The summed E-state index contributed by atoms with van der Waals surface area (Å²) in [5.74, 6) is 2.02. The molecule has 142 valence electrons. The minimum atomic E-state index is -0.190. The number of fused-ring (bicyclic) bond motifs is 1. The number of H-pyrrole nitrogens is 1. The summed E-state index contributed by atoms with van der Waals surface area (Å²) >= 11 is 7.47. The van der Waals surface area contributed by atoms with Gasteiger partial charge >= 0.3 is 0 Å². The average Bonchev–Trinajstić information content (AvgIpc) is 3.09. The molecule has 0 unspecified atom stereocenters. The van der Waals surface area contributed by atoms with E-state index in [-0.39, 0.29) is 5.56 Å². The number of thioether (sulfide) groups is 1. The molecule has 0 bridgehead atoms. The van der Waals surface area contributed by atoms with Crippen LogP contribution in [0, 0.1) is 0 Å². The van der Waals surface area contributed by atoms with E-state index in [1.54, 1.807) is 18.2 Å². The minimum absolute atomic E-state index is 0.190. The lowest BCUT2D eigenvalue weighted by Crippen LogP contribution is -2.11. The molecular formula is C20H18ClN5OS. The van der Waals surface area contributed by atoms with Crippen molar-refractivity contribution in [1.82, 2.24) is 24.7 Å². The summed E-state index contributed by atoms with van der Waals surface area (Å²) < 4.78 is 2.09. The number of hydrogen-bond donors (Lipinski definition) is 1. The summed E-state index contributed by atoms with van der Waals surface area (Å²) in [4.78, 5) is 19.7. The fraction of sp³-hybridized carbons (Fsp3) is 0.200. The van der Waals surface area contributed by atoms with Gasteiger partial charge in [-0.15, -0.1) is 10.2 Å². The molecule has 6 nitrogen and oxygen atoms in total. The van der Waals surface area contributed by atoms with E-state index in [4.69, 9.17) is 11.6 Å². The molecule has 0 aliphatic heterocycles. The first-order valence-corrected chi connectivity index (χ1v) is 10.3. The van der Waals surface area contributed by atoms with Gasteiger partial charge in [0, 0.05) is 18.0 Å². The van der Waals surface area contributed by atoms with Crippen LogP contribution in [0.4, 0.5) is 0 Å². The van der Waals surface area contributed by atoms with Gasteiger partial charge in [0.15, 0.2) is 5.16 Å². The number of aromatic nitrogens is 5. The predicted molar refractivity (Wildman–Crippen MR) is 112 cm³/mol. The van der Waals surface area contributed by atoms with Gasteiger partial charge in [-0.1, -0.05) is 53.7 Å². The zero-order valence-corrected chi connectivity index (χ0v) is 16.8. The molecule has 0 saturated carbocycles. The fourth-order valence-electron chi connectivity index (χ4n) is 3.01. The number of benzene rings is 2. The lowest BCUT2D eigenvalue weighted by molar-refractivity contribution is 0.651. The highest BCUT2D eigenvalue weighted by Crippen LogP contribution is 2.22. The van der Waals surface area contributed by atoms with Gasteiger partial charge in [0.25, 0.3) is 5.56 Å². The molecule has 28 heavy (non-hydrogen) atoms. The predicted octanol–water partition coefficient (Wildman–Crippen LogP) is 4.07. The van der Waals surface area contributed by atoms with E-state index >= 15 is 0 Å². The quantitative estimate of drug-likeness (QED) is 0.484. The standard InChI is InChI=1S/C20H18ClN5OS/c1-2-26-18(10-13-6-4-3-5-7-13)24-25-20(26)28-12-17-22-16-9-8-14(21)11-15(16)19(27)23-17/h3-9,11H,2,10,12H2,1H3,(H,22,23,27). The van der Waals surface area contributed by atoms with Crippen molar-refractivity contribution in [2.24, 2.45) is 0 Å². The molecule has 0 radical (unpaired) electrons. The van der Waals surface area contributed by atoms with Crippen molar-refractivity contribution in [2.75, 3.05) is 0 Å². The fourth-order valence-corrected chi connectivity index (χ4v) is 4.08. The van der Waals surface area contributed by atoms with E-state index in [2.05, 4.69) is 43.8 Å². The molecule has 0 aliphatic rings. The second kappa shape index (κ2) is 8.16. The van der Waals surface area contributed by atoms with Gasteiger partial charge in [-0.25, -0.2) is 4.98 Å². The van der Waals surface area contributed by atoms with Crippen molar-refractivity contribution in [2.45, 2.75) is 30.8 Å². The van der Waals surface area contributed by atoms with E-state index in [0.717, 1.165) is 23.9 Å². The Bertz CT molecular complexity index is 1170. The van der Waals surface area contributed by atoms with Crippen molar-refractivity contribution >= 4 is 34.3 Å². The molecule has 2 heterocycles. The van der Waals surface area contributed by atoms with E-state index in [1.807, 2.05) is 18.2 Å². The van der Waals surface area contributed by atoms with Gasteiger partial charge in [-0.2, -0.15) is 0 Å². The van der Waals surface area contributed by atoms with E-state index in [9.17, 15) is 4.79 Å². The molecule has 8 heteroatoms. The molecule has 0 saturated heterocycles. The van der Waals surface area contributed by atoms with Gasteiger partial charge in [0.1, 0.15) is 11.6 Å². The SMILES string of the molecule is CCn1c(Cc2ccccc2)nnc1SCc1nc2ccc(Cl)cc2c(=O)[nH]1. The monoisotopic (exact) mass is 411 g/mol. The summed E-state index contributed by atoms with van der Waals surface area (Å²) in [6, 6.07) is 15.3. The van der Waals surface area contributed by atoms with Crippen LogP contribution in [0.25, 0.3) is 10.9 Å². The Morgan fingerprint density at radius 1 is 1.14 bits per heavy atom. The van der Waals surface area contributed by atoms with Crippen LogP contribution < -0.4 is 5.56 Å². The van der Waals surface area contributed by atoms with Crippen LogP contribution in [0.1, 0.15) is 24.1 Å². The van der Waals surface area contributed by atoms with Crippen LogP contribution in [0.5, 0.6) is 0 Å². The van der Waals surface area contributed by atoms with Gasteiger partial charge in [-0.05, 0) is 30.7 Å². The Morgan fingerprint density at radius 3 is 2.75 bits per heavy atom. The summed E-state index contributed by atoms with van der Waals surface area (Å²) in [5, 5.41) is 10.5. The molecule has 2 aromatic heterocycles. The summed E-state index contributed by atoms with van der Waals surface area (Å²) in [7, 11) is 0. The first-order valence-electron chi connectivity index (χ1n) is 8.91. The number of hydrogen-bond acceptors (Lipinski definition) is 5. The topological polar surface area (TPSA) is 76.5 Å². The number of nitrogens with one attached hydrogen (secondary N) is 1. The van der Waals surface area contributed by atoms with Crippen LogP contribution >= 0.6 is 23.4 Å². The first kappa shape index (κ1) is 18.7. The second-order valence-electron chi connectivity index (χ2n) is 6.27. The Balaban J connectivity index is 1.54. The molecular weight excluding hydrogens is 394 g/mol. The van der Waals surface area contributed by atoms with Crippen molar-refractivity contribution in [3.05, 3.63) is 81.1 Å². The Kier molecular flexibility index (Phi) is 5.45. The van der Waals surface area contributed by atoms with Gasteiger partial charge < -0.3 is 9.55 Å². The molecule has 0 atom stereocenters. The van der Waals surface area contributed by atoms with Gasteiger partial charge in [0.05, 0.1) is 16.7 Å². The average molecular weight is 412 g/mol. The van der Waals surface area contributed by atoms with Crippen molar-refractivity contribution in [3.8, 4) is 0 Å². The number of rotatable bonds is 6. The molecule has 0 aliphatic carbocycles. The van der Waals surface area contributed by atoms with Crippen LogP contribution in [0.2, 0.25) is 5.02 Å². The van der Waals surface area contributed by atoms with Crippen LogP contribution in [-0.2, 0) is 18.7 Å².